The predicted molar refractivity (Wildman–Crippen MR) is 139 cm³/mol. The van der Waals surface area contributed by atoms with Crippen molar-refractivity contribution < 1.29 is 14.4 Å². The van der Waals surface area contributed by atoms with E-state index in [-0.39, 0.29) is 18.3 Å². The van der Waals surface area contributed by atoms with Crippen molar-refractivity contribution in [1.29, 1.82) is 0 Å². The molecule has 0 amide bonds. The van der Waals surface area contributed by atoms with E-state index in [1.165, 1.54) is 33.4 Å². The molecule has 3 heterocycles. The number of carboxylic acids is 1. The van der Waals surface area contributed by atoms with Crippen LogP contribution < -0.4 is 0 Å². The third-order valence-electron chi connectivity index (χ3n) is 7.24. The smallest absolute Gasteiger partial charge is 0.306 e. The number of aromatic nitrogens is 2. The topological polar surface area (TPSA) is 79.5 Å². The number of aliphatic carboxylic acids is 1. The van der Waals surface area contributed by atoms with Crippen molar-refractivity contribution in [2.24, 2.45) is 5.92 Å². The summed E-state index contributed by atoms with van der Waals surface area (Å²) in [5.74, 6) is 0.243. The van der Waals surface area contributed by atoms with Gasteiger partial charge in [-0.25, -0.2) is 0 Å². The molecule has 35 heavy (non-hydrogen) atoms. The molecule has 1 N–H and O–H groups in total. The first-order chi connectivity index (χ1) is 16.5. The molecule has 1 saturated carbocycles. The Bertz CT molecular complexity index is 1410. The molecule has 6 nitrogen and oxygen atoms in total. The molecule has 0 saturated heterocycles. The van der Waals surface area contributed by atoms with Crippen LogP contribution in [0.1, 0.15) is 35.1 Å². The lowest BCUT2D eigenvalue weighted by atomic mass is 9.79. The Morgan fingerprint density at radius 2 is 1.77 bits per heavy atom. The highest BCUT2D eigenvalue weighted by Gasteiger charge is 2.39. The van der Waals surface area contributed by atoms with E-state index in [2.05, 4.69) is 63.9 Å². The number of hydrogen-bond donors (Lipinski definition) is 1. The summed E-state index contributed by atoms with van der Waals surface area (Å²) in [4.78, 5) is 18.2. The van der Waals surface area contributed by atoms with E-state index in [1.54, 1.807) is 11.3 Å². The summed E-state index contributed by atoms with van der Waals surface area (Å²) < 4.78 is 5.63. The zero-order chi connectivity index (χ0) is 23.4. The molecule has 0 unspecified atom stereocenters. The van der Waals surface area contributed by atoms with Crippen LogP contribution in [0, 0.1) is 19.8 Å². The minimum Gasteiger partial charge on any atom is -0.481 e. The molecule has 2 aliphatic rings. The Labute approximate surface area is 214 Å². The second kappa shape index (κ2) is 9.22. The second-order valence-corrected chi connectivity index (χ2v) is 10.2. The Morgan fingerprint density at radius 3 is 2.49 bits per heavy atom. The highest BCUT2D eigenvalue weighted by Crippen LogP contribution is 2.38. The van der Waals surface area contributed by atoms with Gasteiger partial charge in [-0.3, -0.25) is 9.69 Å². The molecular formula is C27H26ClN3O3S. The van der Waals surface area contributed by atoms with Crippen LogP contribution in [0.2, 0.25) is 0 Å². The quantitative estimate of drug-likeness (QED) is 0.339. The lowest BCUT2D eigenvalue weighted by Crippen LogP contribution is -2.44. The standard InChI is InChI=1S/C27H25N3O3S.ClH/c1-15-7-18(5-6-23(15)24-14-34-13-16(24)2)26-28-25(29-33-26)17-3-4-19-11-30(12-21(19)8-17)22-9-20(10-22)27(31)32;/h3-8,13-14,20,22H,9-12H2,1-2H3,(H,31,32);1H. The first-order valence-corrected chi connectivity index (χ1v) is 12.5. The first-order valence-electron chi connectivity index (χ1n) is 11.5. The molecule has 1 aliphatic carbocycles. The van der Waals surface area contributed by atoms with Crippen molar-refractivity contribution in [3.05, 3.63) is 69.4 Å². The van der Waals surface area contributed by atoms with Gasteiger partial charge < -0.3 is 9.63 Å². The summed E-state index contributed by atoms with van der Waals surface area (Å²) in [6, 6.07) is 13.0. The van der Waals surface area contributed by atoms with E-state index >= 15 is 0 Å². The molecule has 2 aromatic heterocycles. The number of hydrogen-bond acceptors (Lipinski definition) is 6. The molecule has 8 heteroatoms. The largest absolute Gasteiger partial charge is 0.481 e. The van der Waals surface area contributed by atoms with Crippen LogP contribution in [-0.2, 0) is 17.9 Å². The van der Waals surface area contributed by atoms with Gasteiger partial charge in [-0.2, -0.15) is 16.3 Å². The van der Waals surface area contributed by atoms with Crippen LogP contribution in [-0.4, -0.2) is 32.2 Å². The fourth-order valence-electron chi connectivity index (χ4n) is 5.10. The fourth-order valence-corrected chi connectivity index (χ4v) is 5.95. The van der Waals surface area contributed by atoms with Crippen LogP contribution >= 0.6 is 23.7 Å². The Balaban J connectivity index is 0.00000253. The lowest BCUT2D eigenvalue weighted by Gasteiger charge is -2.39. The van der Waals surface area contributed by atoms with E-state index < -0.39 is 5.97 Å². The van der Waals surface area contributed by atoms with E-state index in [4.69, 9.17) is 9.63 Å². The number of halogens is 1. The Kier molecular flexibility index (Phi) is 6.25. The molecule has 180 valence electrons. The molecule has 0 radical (unpaired) electrons. The van der Waals surface area contributed by atoms with Crippen molar-refractivity contribution in [3.8, 4) is 34.0 Å². The molecule has 1 fully saturated rings. The molecule has 0 spiro atoms. The van der Waals surface area contributed by atoms with Crippen LogP contribution in [0.5, 0.6) is 0 Å². The Morgan fingerprint density at radius 1 is 1.00 bits per heavy atom. The number of fused-ring (bicyclic) bond motifs is 1. The molecule has 4 aromatic rings. The van der Waals surface area contributed by atoms with Crippen molar-refractivity contribution in [2.45, 2.75) is 45.8 Å². The summed E-state index contributed by atoms with van der Waals surface area (Å²) >= 11 is 1.72. The average molecular weight is 508 g/mol. The van der Waals surface area contributed by atoms with Crippen LogP contribution in [0.15, 0.2) is 51.7 Å². The molecule has 0 bridgehead atoms. The third kappa shape index (κ3) is 4.29. The third-order valence-corrected chi connectivity index (χ3v) is 8.10. The summed E-state index contributed by atoms with van der Waals surface area (Å²) in [5.41, 5.74) is 9.37. The number of aryl methyl sites for hydroxylation is 2. The molecule has 6 rings (SSSR count). The number of carboxylic acid groups (broad SMARTS) is 1. The number of rotatable bonds is 5. The highest BCUT2D eigenvalue weighted by molar-refractivity contribution is 7.08. The number of carbonyl (C=O) groups is 1. The van der Waals surface area contributed by atoms with E-state index in [0.717, 1.165) is 37.1 Å². The monoisotopic (exact) mass is 507 g/mol. The summed E-state index contributed by atoms with van der Waals surface area (Å²) in [7, 11) is 0. The van der Waals surface area contributed by atoms with Gasteiger partial charge in [0.25, 0.3) is 5.89 Å². The van der Waals surface area contributed by atoms with Crippen molar-refractivity contribution >= 4 is 29.7 Å². The number of thiophene rings is 1. The maximum atomic E-state index is 11.1. The maximum absolute atomic E-state index is 11.1. The van der Waals surface area contributed by atoms with Gasteiger partial charge in [0.1, 0.15) is 0 Å². The SMILES string of the molecule is Cc1cc(-c2nc(-c3ccc4c(c3)CN(C3CC(C(=O)O)C3)C4)no2)ccc1-c1cscc1C.Cl. The van der Waals surface area contributed by atoms with Gasteiger partial charge in [0.15, 0.2) is 0 Å². The predicted octanol–water partition coefficient (Wildman–Crippen LogP) is 6.35. The zero-order valence-electron chi connectivity index (χ0n) is 19.5. The highest BCUT2D eigenvalue weighted by atomic mass is 35.5. The average Bonchev–Trinajstić information content (AvgIpc) is 3.51. The first kappa shape index (κ1) is 23.7. The van der Waals surface area contributed by atoms with Gasteiger partial charge in [0.05, 0.1) is 5.92 Å². The fraction of sp³-hybridized carbons (Fsp3) is 0.296. The van der Waals surface area contributed by atoms with Crippen LogP contribution in [0.4, 0.5) is 0 Å². The lowest BCUT2D eigenvalue weighted by molar-refractivity contribution is -0.147. The number of nitrogens with zero attached hydrogens (tertiary/aromatic N) is 3. The molecule has 2 aromatic carbocycles. The minimum absolute atomic E-state index is 0. The van der Waals surface area contributed by atoms with Crippen LogP contribution in [0.25, 0.3) is 34.0 Å². The zero-order valence-corrected chi connectivity index (χ0v) is 21.2. The van der Waals surface area contributed by atoms with Gasteiger partial charge >= 0.3 is 5.97 Å². The van der Waals surface area contributed by atoms with Crippen molar-refractivity contribution in [2.75, 3.05) is 0 Å². The van der Waals surface area contributed by atoms with E-state index in [0.29, 0.717) is 17.8 Å². The Hall–Kier alpha value is -3.00. The normalized spacial score (nSPS) is 19.1. The van der Waals surface area contributed by atoms with Gasteiger partial charge in [-0.1, -0.05) is 23.4 Å². The van der Waals surface area contributed by atoms with E-state index in [1.807, 2.05) is 12.1 Å². The van der Waals surface area contributed by atoms with Crippen molar-refractivity contribution in [1.82, 2.24) is 15.0 Å². The molecule has 0 atom stereocenters. The second-order valence-electron chi connectivity index (χ2n) is 9.47. The summed E-state index contributed by atoms with van der Waals surface area (Å²) in [6.07, 6.45) is 1.49. The van der Waals surface area contributed by atoms with Gasteiger partial charge in [-0.05, 0) is 89.0 Å². The van der Waals surface area contributed by atoms with E-state index in [9.17, 15) is 4.79 Å². The molecule has 1 aliphatic heterocycles. The van der Waals surface area contributed by atoms with Crippen molar-refractivity contribution in [3.63, 3.8) is 0 Å². The van der Waals surface area contributed by atoms with Gasteiger partial charge in [0, 0.05) is 30.3 Å². The molecular weight excluding hydrogens is 482 g/mol. The van der Waals surface area contributed by atoms with Gasteiger partial charge in [-0.15, -0.1) is 12.4 Å². The van der Waals surface area contributed by atoms with Crippen LogP contribution in [0.3, 0.4) is 0 Å². The summed E-state index contributed by atoms with van der Waals surface area (Å²) in [6.45, 7) is 5.96. The minimum atomic E-state index is -0.672. The maximum Gasteiger partial charge on any atom is 0.306 e. The number of benzene rings is 2. The summed E-state index contributed by atoms with van der Waals surface area (Å²) in [5, 5.41) is 17.8. The van der Waals surface area contributed by atoms with Gasteiger partial charge in [0.2, 0.25) is 5.82 Å².